The van der Waals surface area contributed by atoms with Crippen LogP contribution >= 0.6 is 24.0 Å². The maximum absolute atomic E-state index is 5.72. The highest BCUT2D eigenvalue weighted by atomic mass is 35.5. The highest BCUT2D eigenvalue weighted by molar-refractivity contribution is 6.28. The Morgan fingerprint density at radius 3 is 2.40 bits per heavy atom. The monoisotopic (exact) mass is 251 g/mol. The average molecular weight is 252 g/mol. The number of furan rings is 1. The highest BCUT2D eigenvalue weighted by Crippen LogP contribution is 2.33. The fourth-order valence-electron chi connectivity index (χ4n) is 1.75. The van der Waals surface area contributed by atoms with E-state index in [-0.39, 0.29) is 17.9 Å². The molecule has 0 amide bonds. The smallest absolute Gasteiger partial charge is 0.193 e. The Bertz CT molecular complexity index is 351. The second-order valence-electron chi connectivity index (χ2n) is 4.43. The van der Waals surface area contributed by atoms with E-state index in [0.29, 0.717) is 17.6 Å². The third-order valence-corrected chi connectivity index (χ3v) is 2.55. The van der Waals surface area contributed by atoms with Crippen LogP contribution in [-0.2, 0) is 10.5 Å². The molecule has 86 valence electrons. The Labute approximate surface area is 101 Å². The standard InChI is InChI=1S/C10H14ClNO2.ClH/c1-9(2)6-13-10(3,12-9)7-4-5-8(11)14-7;/h4-5,12H,6H2,1-3H3;1H. The van der Waals surface area contributed by atoms with Gasteiger partial charge in [-0.15, -0.1) is 12.4 Å². The van der Waals surface area contributed by atoms with Crippen LogP contribution in [0, 0.1) is 0 Å². The molecule has 2 heterocycles. The van der Waals surface area contributed by atoms with Crippen molar-refractivity contribution < 1.29 is 9.15 Å². The largest absolute Gasteiger partial charge is 0.445 e. The maximum Gasteiger partial charge on any atom is 0.193 e. The highest BCUT2D eigenvalue weighted by Gasteiger charge is 2.43. The summed E-state index contributed by atoms with van der Waals surface area (Å²) in [4.78, 5) is 0. The third kappa shape index (κ3) is 2.48. The molecule has 0 aromatic carbocycles. The van der Waals surface area contributed by atoms with Crippen molar-refractivity contribution in [3.05, 3.63) is 23.1 Å². The molecule has 0 bridgehead atoms. The first-order valence-corrected chi connectivity index (χ1v) is 4.98. The fraction of sp³-hybridized carbons (Fsp3) is 0.600. The van der Waals surface area contributed by atoms with Crippen LogP contribution < -0.4 is 5.32 Å². The lowest BCUT2D eigenvalue weighted by Gasteiger charge is -2.24. The molecule has 1 saturated heterocycles. The second kappa shape index (κ2) is 3.98. The van der Waals surface area contributed by atoms with E-state index < -0.39 is 5.72 Å². The van der Waals surface area contributed by atoms with Crippen LogP contribution in [0.1, 0.15) is 26.5 Å². The summed E-state index contributed by atoms with van der Waals surface area (Å²) in [7, 11) is 0. The van der Waals surface area contributed by atoms with Gasteiger partial charge in [-0.25, -0.2) is 0 Å². The van der Waals surface area contributed by atoms with Gasteiger partial charge in [-0.3, -0.25) is 5.32 Å². The van der Waals surface area contributed by atoms with Crippen LogP contribution in [0.5, 0.6) is 0 Å². The van der Waals surface area contributed by atoms with Crippen molar-refractivity contribution in [2.45, 2.75) is 32.0 Å². The van der Waals surface area contributed by atoms with Crippen molar-refractivity contribution in [1.82, 2.24) is 5.32 Å². The van der Waals surface area contributed by atoms with E-state index in [1.807, 2.05) is 13.0 Å². The van der Waals surface area contributed by atoms with Crippen molar-refractivity contribution in [1.29, 1.82) is 0 Å². The van der Waals surface area contributed by atoms with Gasteiger partial charge in [-0.1, -0.05) is 0 Å². The Morgan fingerprint density at radius 1 is 1.33 bits per heavy atom. The van der Waals surface area contributed by atoms with E-state index in [9.17, 15) is 0 Å². The lowest BCUT2D eigenvalue weighted by molar-refractivity contribution is -0.0153. The van der Waals surface area contributed by atoms with Crippen LogP contribution in [0.15, 0.2) is 16.5 Å². The van der Waals surface area contributed by atoms with Gasteiger partial charge in [0.2, 0.25) is 0 Å². The maximum atomic E-state index is 5.72. The lowest BCUT2D eigenvalue weighted by Crippen LogP contribution is -2.44. The van der Waals surface area contributed by atoms with Gasteiger partial charge < -0.3 is 9.15 Å². The molecule has 1 fully saturated rings. The zero-order valence-corrected chi connectivity index (χ0v) is 10.5. The van der Waals surface area contributed by atoms with E-state index in [1.165, 1.54) is 0 Å². The predicted octanol–water partition coefficient (Wildman–Crippen LogP) is 2.93. The molecule has 0 aliphatic carbocycles. The van der Waals surface area contributed by atoms with Gasteiger partial charge in [0.15, 0.2) is 16.7 Å². The second-order valence-corrected chi connectivity index (χ2v) is 4.81. The molecule has 5 heteroatoms. The number of hydrogen-bond acceptors (Lipinski definition) is 3. The van der Waals surface area contributed by atoms with Crippen molar-refractivity contribution in [2.24, 2.45) is 0 Å². The van der Waals surface area contributed by atoms with Crippen molar-refractivity contribution in [2.75, 3.05) is 6.61 Å². The summed E-state index contributed by atoms with van der Waals surface area (Å²) >= 11 is 5.72. The van der Waals surface area contributed by atoms with E-state index in [2.05, 4.69) is 19.2 Å². The number of nitrogens with one attached hydrogen (secondary N) is 1. The fourth-order valence-corrected chi connectivity index (χ4v) is 1.89. The van der Waals surface area contributed by atoms with Crippen LogP contribution in [0.25, 0.3) is 0 Å². The Morgan fingerprint density at radius 2 is 2.00 bits per heavy atom. The van der Waals surface area contributed by atoms with Gasteiger partial charge in [-0.05, 0) is 44.5 Å². The molecule has 1 aromatic heterocycles. The molecule has 0 spiro atoms. The minimum Gasteiger partial charge on any atom is -0.445 e. The van der Waals surface area contributed by atoms with Crippen molar-refractivity contribution in [3.8, 4) is 0 Å². The molecule has 15 heavy (non-hydrogen) atoms. The number of rotatable bonds is 1. The molecule has 1 aliphatic rings. The van der Waals surface area contributed by atoms with Gasteiger partial charge in [-0.2, -0.15) is 0 Å². The minimum absolute atomic E-state index is 0. The molecule has 3 nitrogen and oxygen atoms in total. The third-order valence-electron chi connectivity index (χ3n) is 2.34. The first-order chi connectivity index (χ1) is 6.41. The molecule has 2 rings (SSSR count). The van der Waals surface area contributed by atoms with E-state index in [1.54, 1.807) is 6.07 Å². The van der Waals surface area contributed by atoms with Gasteiger partial charge in [0.1, 0.15) is 0 Å². The van der Waals surface area contributed by atoms with Crippen LogP contribution in [-0.4, -0.2) is 12.1 Å². The minimum atomic E-state index is -0.559. The average Bonchev–Trinajstić information content (AvgIpc) is 2.57. The molecule has 1 aromatic rings. The first kappa shape index (κ1) is 12.8. The zero-order valence-electron chi connectivity index (χ0n) is 8.96. The summed E-state index contributed by atoms with van der Waals surface area (Å²) in [5, 5.41) is 3.75. The number of ether oxygens (including phenoxy) is 1. The summed E-state index contributed by atoms with van der Waals surface area (Å²) in [5.41, 5.74) is -0.593. The molecule has 0 radical (unpaired) electrons. The topological polar surface area (TPSA) is 34.4 Å². The normalized spacial score (nSPS) is 28.8. The zero-order chi connectivity index (χ0) is 10.4. The van der Waals surface area contributed by atoms with Gasteiger partial charge >= 0.3 is 0 Å². The van der Waals surface area contributed by atoms with E-state index in [0.717, 1.165) is 0 Å². The molecular weight excluding hydrogens is 237 g/mol. The summed E-state index contributed by atoms with van der Waals surface area (Å²) in [5.74, 6) is 0.716. The van der Waals surface area contributed by atoms with Gasteiger partial charge in [0, 0.05) is 5.54 Å². The van der Waals surface area contributed by atoms with E-state index >= 15 is 0 Å². The van der Waals surface area contributed by atoms with Crippen molar-refractivity contribution >= 4 is 24.0 Å². The summed E-state index contributed by atoms with van der Waals surface area (Å²) in [6, 6.07) is 3.55. The predicted molar refractivity (Wildman–Crippen MR) is 61.5 cm³/mol. The summed E-state index contributed by atoms with van der Waals surface area (Å²) in [6.07, 6.45) is 0. The number of hydrogen-bond donors (Lipinski definition) is 1. The summed E-state index contributed by atoms with van der Waals surface area (Å²) in [6.45, 7) is 6.77. The van der Waals surface area contributed by atoms with Crippen LogP contribution in [0.3, 0.4) is 0 Å². The molecule has 1 unspecified atom stereocenters. The Hall–Kier alpha value is -0.220. The van der Waals surface area contributed by atoms with Crippen LogP contribution in [0.2, 0.25) is 5.22 Å². The van der Waals surface area contributed by atoms with Crippen molar-refractivity contribution in [3.63, 3.8) is 0 Å². The molecule has 1 N–H and O–H groups in total. The SMILES string of the molecule is CC1(C)COC(C)(c2ccc(Cl)o2)N1.Cl. The molecular formula is C10H15Cl2NO2. The van der Waals surface area contributed by atoms with Gasteiger partial charge in [0.05, 0.1) is 6.61 Å². The van der Waals surface area contributed by atoms with Gasteiger partial charge in [0.25, 0.3) is 0 Å². The number of halogens is 2. The first-order valence-electron chi connectivity index (χ1n) is 4.60. The summed E-state index contributed by atoms with van der Waals surface area (Å²) < 4.78 is 11.0. The van der Waals surface area contributed by atoms with Crippen LogP contribution in [0.4, 0.5) is 0 Å². The molecule has 1 aliphatic heterocycles. The quantitative estimate of drug-likeness (QED) is 0.834. The van der Waals surface area contributed by atoms with E-state index in [4.69, 9.17) is 20.8 Å². The molecule has 0 saturated carbocycles. The Balaban J connectivity index is 0.00000112. The molecule has 1 atom stereocenters. The Kier molecular flexibility index (Phi) is 3.41. The lowest BCUT2D eigenvalue weighted by atomic mass is 10.1.